The minimum absolute atomic E-state index is 0.145. The first kappa shape index (κ1) is 24.0. The van der Waals surface area contributed by atoms with Gasteiger partial charge in [0, 0.05) is 62.5 Å². The van der Waals surface area contributed by atoms with Gasteiger partial charge in [0.05, 0.1) is 29.4 Å². The van der Waals surface area contributed by atoms with E-state index in [0.29, 0.717) is 34.1 Å². The number of nitrogens with zero attached hydrogens (tertiary/aromatic N) is 4. The van der Waals surface area contributed by atoms with Crippen LogP contribution in [0.5, 0.6) is 5.75 Å². The summed E-state index contributed by atoms with van der Waals surface area (Å²) in [5.41, 5.74) is 7.40. The Labute approximate surface area is 204 Å². The van der Waals surface area contributed by atoms with Crippen LogP contribution in [0.3, 0.4) is 0 Å². The minimum atomic E-state index is 0.145. The molecule has 1 aromatic heterocycles. The zero-order chi connectivity index (χ0) is 24.3. The molecule has 34 heavy (non-hydrogen) atoms. The second-order valence-electron chi connectivity index (χ2n) is 9.36. The first-order valence-corrected chi connectivity index (χ1v) is 11.7. The molecule has 1 aromatic carbocycles. The number of pyridine rings is 1. The van der Waals surface area contributed by atoms with E-state index in [1.807, 2.05) is 43.4 Å². The number of rotatable bonds is 9. The number of nitrogens with one attached hydrogen (secondary N) is 1. The molecule has 1 aliphatic heterocycles. The zero-order valence-electron chi connectivity index (χ0n) is 19.6. The molecule has 0 amide bonds. The fourth-order valence-electron chi connectivity index (χ4n) is 4.75. The molecule has 1 saturated carbocycles. The molecule has 4 rings (SSSR count). The van der Waals surface area contributed by atoms with Crippen molar-refractivity contribution >= 4 is 36.1 Å². The predicted octanol–water partition coefficient (Wildman–Crippen LogP) is 2.97. The van der Waals surface area contributed by atoms with Crippen molar-refractivity contribution in [1.82, 2.24) is 14.4 Å². The summed E-state index contributed by atoms with van der Waals surface area (Å²) in [6.07, 6.45) is 9.63. The van der Waals surface area contributed by atoms with Gasteiger partial charge in [0.1, 0.15) is 11.6 Å². The number of anilines is 1. The van der Waals surface area contributed by atoms with Crippen LogP contribution >= 0.6 is 11.6 Å². The molecule has 2 fully saturated rings. The van der Waals surface area contributed by atoms with Gasteiger partial charge in [0.2, 0.25) is 0 Å². The lowest BCUT2D eigenvalue weighted by molar-refractivity contribution is -0.117. The van der Waals surface area contributed by atoms with Gasteiger partial charge >= 0.3 is 0 Å². The number of nitrogen functional groups attached to an aromatic ring is 1. The number of ether oxygens (including phenoxy) is 1. The molecule has 9 heteroatoms. The summed E-state index contributed by atoms with van der Waals surface area (Å²) in [4.78, 5) is 20.5. The molecular weight excluding hydrogens is 452 g/mol. The topological polar surface area (TPSA) is 99.9 Å². The molecule has 180 valence electrons. The molecule has 8 nitrogen and oxygen atoms in total. The number of aromatic nitrogens is 1. The van der Waals surface area contributed by atoms with Crippen molar-refractivity contribution in [2.24, 2.45) is 10.4 Å². The number of carbonyl (C=O) groups excluding carboxylic acids is 1. The van der Waals surface area contributed by atoms with Crippen molar-refractivity contribution in [1.29, 1.82) is 5.41 Å². The average Bonchev–Trinajstić information content (AvgIpc) is 2.75. The van der Waals surface area contributed by atoms with E-state index in [1.54, 1.807) is 22.9 Å². The van der Waals surface area contributed by atoms with Crippen LogP contribution in [0.2, 0.25) is 5.02 Å². The first-order chi connectivity index (χ1) is 16.3. The van der Waals surface area contributed by atoms with Gasteiger partial charge in [-0.05, 0) is 43.3 Å². The molecular formula is C25H31ClN6O2. The second kappa shape index (κ2) is 10.0. The average molecular weight is 483 g/mol. The van der Waals surface area contributed by atoms with Crippen molar-refractivity contribution in [2.75, 3.05) is 46.0 Å². The largest absolute Gasteiger partial charge is 0.490 e. The van der Waals surface area contributed by atoms with Crippen LogP contribution in [0.1, 0.15) is 28.8 Å². The number of benzene rings is 1. The summed E-state index contributed by atoms with van der Waals surface area (Å²) < 4.78 is 7.83. The Hall–Kier alpha value is -3.10. The Bertz CT molecular complexity index is 1160. The standard InChI is InChI=1S/C25H31ClN6O2/c1-30(2)8-6-20-21(14-33)22(26)3-4-23(20)34-19-12-25(13-19)15-31(16-25)10-7-29-18-5-9-32(17-27)24(28)11-18/h3-6,8-9,11,14,17,19,27H,7,10,12-13,15-16,28H2,1-2H3/b8-6-,27-17?,29-18?. The lowest BCUT2D eigenvalue weighted by atomic mass is 9.62. The summed E-state index contributed by atoms with van der Waals surface area (Å²) in [6.45, 7) is 3.73. The van der Waals surface area contributed by atoms with Crippen LogP contribution in [0, 0.1) is 10.8 Å². The fraction of sp³-hybridized carbons (Fsp3) is 0.400. The van der Waals surface area contributed by atoms with Gasteiger partial charge in [-0.1, -0.05) is 11.6 Å². The Morgan fingerprint density at radius 1 is 1.29 bits per heavy atom. The van der Waals surface area contributed by atoms with Crippen LogP contribution in [-0.4, -0.2) is 73.4 Å². The fourth-order valence-corrected chi connectivity index (χ4v) is 4.96. The first-order valence-electron chi connectivity index (χ1n) is 11.3. The van der Waals surface area contributed by atoms with Crippen LogP contribution in [0.15, 0.2) is 41.7 Å². The monoisotopic (exact) mass is 482 g/mol. The summed E-state index contributed by atoms with van der Waals surface area (Å²) in [7, 11) is 3.85. The van der Waals surface area contributed by atoms with E-state index in [1.165, 1.54) is 6.34 Å². The maximum atomic E-state index is 11.6. The van der Waals surface area contributed by atoms with E-state index < -0.39 is 0 Å². The van der Waals surface area contributed by atoms with Crippen LogP contribution < -0.4 is 15.8 Å². The number of carbonyl (C=O) groups is 1. The normalized spacial score (nSPS) is 18.0. The van der Waals surface area contributed by atoms with E-state index in [0.717, 1.165) is 49.7 Å². The van der Waals surface area contributed by atoms with Gasteiger partial charge in [-0.2, -0.15) is 0 Å². The van der Waals surface area contributed by atoms with E-state index in [2.05, 4.69) is 9.89 Å². The number of hydrogen-bond acceptors (Lipinski definition) is 7. The van der Waals surface area contributed by atoms with Crippen molar-refractivity contribution < 1.29 is 9.53 Å². The minimum Gasteiger partial charge on any atom is -0.490 e. The molecule has 0 unspecified atom stereocenters. The lowest BCUT2D eigenvalue weighted by Crippen LogP contribution is -2.64. The predicted molar refractivity (Wildman–Crippen MR) is 136 cm³/mol. The highest BCUT2D eigenvalue weighted by atomic mass is 35.5. The highest BCUT2D eigenvalue weighted by Gasteiger charge is 2.53. The van der Waals surface area contributed by atoms with Gasteiger partial charge in [-0.25, -0.2) is 0 Å². The Kier molecular flexibility index (Phi) is 7.09. The van der Waals surface area contributed by atoms with E-state index in [9.17, 15) is 4.79 Å². The van der Waals surface area contributed by atoms with Gasteiger partial charge in [0.25, 0.3) is 0 Å². The summed E-state index contributed by atoms with van der Waals surface area (Å²) in [5, 5.41) is 8.54. The number of aldehydes is 1. The summed E-state index contributed by atoms with van der Waals surface area (Å²) >= 11 is 6.23. The van der Waals surface area contributed by atoms with Crippen LogP contribution in [0.25, 0.3) is 6.08 Å². The second-order valence-corrected chi connectivity index (χ2v) is 9.76. The lowest BCUT2D eigenvalue weighted by Gasteiger charge is -2.58. The molecule has 1 spiro atoms. The van der Waals surface area contributed by atoms with Gasteiger partial charge in [-0.3, -0.25) is 19.8 Å². The van der Waals surface area contributed by atoms with Crippen molar-refractivity contribution in [3.63, 3.8) is 0 Å². The molecule has 2 heterocycles. The molecule has 0 radical (unpaired) electrons. The molecule has 3 N–H and O–H groups in total. The maximum Gasteiger partial charge on any atom is 0.152 e. The highest BCUT2D eigenvalue weighted by molar-refractivity contribution is 6.33. The number of likely N-dealkylation sites (tertiary alicyclic amines) is 1. The Balaban J connectivity index is 1.29. The molecule has 1 saturated heterocycles. The van der Waals surface area contributed by atoms with Crippen molar-refractivity contribution in [2.45, 2.75) is 18.9 Å². The third-order valence-electron chi connectivity index (χ3n) is 6.43. The summed E-state index contributed by atoms with van der Waals surface area (Å²) in [6, 6.07) is 7.22. The Morgan fingerprint density at radius 3 is 2.71 bits per heavy atom. The SMILES string of the molecule is CN(C)/C=C\c1c(OC2CC3(C2)CN(CCN=c2ccn(C=N)c(N)c2)C3)ccc(Cl)c1C=O. The molecule has 0 bridgehead atoms. The smallest absolute Gasteiger partial charge is 0.152 e. The number of nitrogens with two attached hydrogens (primary N) is 1. The third kappa shape index (κ3) is 5.18. The molecule has 2 aromatic rings. The highest BCUT2D eigenvalue weighted by Crippen LogP contribution is 2.50. The van der Waals surface area contributed by atoms with Gasteiger partial charge in [0.15, 0.2) is 6.29 Å². The van der Waals surface area contributed by atoms with Crippen LogP contribution in [0.4, 0.5) is 5.82 Å². The molecule has 1 aliphatic carbocycles. The quantitative estimate of drug-likeness (QED) is 0.325. The van der Waals surface area contributed by atoms with Crippen molar-refractivity contribution in [3.05, 3.63) is 58.2 Å². The Morgan fingerprint density at radius 2 is 2.06 bits per heavy atom. The van der Waals surface area contributed by atoms with E-state index in [-0.39, 0.29) is 6.10 Å². The van der Waals surface area contributed by atoms with Gasteiger partial charge < -0.3 is 20.3 Å². The third-order valence-corrected chi connectivity index (χ3v) is 6.76. The number of halogens is 1. The van der Waals surface area contributed by atoms with E-state index in [4.69, 9.17) is 27.5 Å². The van der Waals surface area contributed by atoms with Gasteiger partial charge in [-0.15, -0.1) is 0 Å². The van der Waals surface area contributed by atoms with Crippen molar-refractivity contribution in [3.8, 4) is 5.75 Å². The van der Waals surface area contributed by atoms with E-state index >= 15 is 0 Å². The summed E-state index contributed by atoms with van der Waals surface area (Å²) in [5.74, 6) is 1.20. The molecule has 2 aliphatic rings. The maximum absolute atomic E-state index is 11.6. The number of hydrogen-bond donors (Lipinski definition) is 2. The van der Waals surface area contributed by atoms with Crippen LogP contribution in [-0.2, 0) is 0 Å². The molecule has 0 atom stereocenters. The zero-order valence-corrected chi connectivity index (χ0v) is 20.3.